The minimum atomic E-state index is -0.408. The number of carbonyl (C=O) groups is 2. The third-order valence-corrected chi connectivity index (χ3v) is 5.66. The summed E-state index contributed by atoms with van der Waals surface area (Å²) in [6.07, 6.45) is 3.80. The van der Waals surface area contributed by atoms with E-state index in [4.69, 9.17) is 4.74 Å². The van der Waals surface area contributed by atoms with E-state index in [9.17, 15) is 9.59 Å². The molecule has 142 valence electrons. The summed E-state index contributed by atoms with van der Waals surface area (Å²) in [6.45, 7) is 3.63. The van der Waals surface area contributed by atoms with Gasteiger partial charge in [0.2, 0.25) is 11.8 Å². The van der Waals surface area contributed by atoms with Crippen LogP contribution in [0.25, 0.3) is 0 Å². The molecule has 0 spiro atoms. The first-order valence-corrected chi connectivity index (χ1v) is 9.24. The number of imidazole rings is 1. The van der Waals surface area contributed by atoms with E-state index in [0.717, 1.165) is 22.7 Å². The quantitative estimate of drug-likeness (QED) is 0.826. The molecule has 0 radical (unpaired) electrons. The number of likely N-dealkylation sites (tertiary alicyclic amines) is 1. The van der Waals surface area contributed by atoms with Crippen LogP contribution in [0.1, 0.15) is 36.3 Å². The lowest BCUT2D eigenvalue weighted by molar-refractivity contribution is -0.137. The highest BCUT2D eigenvalue weighted by atomic mass is 16.5. The first-order valence-electron chi connectivity index (χ1n) is 9.24. The lowest BCUT2D eigenvalue weighted by Crippen LogP contribution is -2.37. The molecule has 7 heteroatoms. The number of hydrogen-bond donors (Lipinski definition) is 0. The van der Waals surface area contributed by atoms with Gasteiger partial charge < -0.3 is 19.1 Å². The van der Waals surface area contributed by atoms with Crippen LogP contribution in [0.2, 0.25) is 0 Å². The molecule has 27 heavy (non-hydrogen) atoms. The summed E-state index contributed by atoms with van der Waals surface area (Å²) in [7, 11) is 3.54. The van der Waals surface area contributed by atoms with Crippen LogP contribution in [-0.4, -0.2) is 44.8 Å². The molecule has 0 unspecified atom stereocenters. The van der Waals surface area contributed by atoms with E-state index in [1.54, 1.807) is 18.2 Å². The van der Waals surface area contributed by atoms with Crippen molar-refractivity contribution in [1.82, 2.24) is 19.4 Å². The number of nitrogens with zero attached hydrogens (tertiary/aromatic N) is 4. The Bertz CT molecular complexity index is 891. The van der Waals surface area contributed by atoms with Crippen LogP contribution in [0.5, 0.6) is 5.75 Å². The number of fused-ring (bicyclic) bond motifs is 1. The molecule has 3 heterocycles. The Morgan fingerprint density at radius 2 is 2.07 bits per heavy atom. The average Bonchev–Trinajstić information content (AvgIpc) is 3.36. The van der Waals surface area contributed by atoms with Crippen molar-refractivity contribution in [3.8, 4) is 5.75 Å². The molecular weight excluding hydrogens is 344 g/mol. The van der Waals surface area contributed by atoms with Crippen molar-refractivity contribution < 1.29 is 14.3 Å². The van der Waals surface area contributed by atoms with Crippen LogP contribution >= 0.6 is 0 Å². The fraction of sp³-hybridized carbons (Fsp3) is 0.450. The zero-order chi connectivity index (χ0) is 19.1. The van der Waals surface area contributed by atoms with Crippen molar-refractivity contribution in [2.24, 2.45) is 13.0 Å². The second-order valence-electron chi connectivity index (χ2n) is 7.16. The summed E-state index contributed by atoms with van der Waals surface area (Å²) in [5.41, 5.74) is 2.24. The maximum Gasteiger partial charge on any atom is 0.229 e. The Hall–Kier alpha value is -2.83. The molecule has 1 fully saturated rings. The van der Waals surface area contributed by atoms with Crippen molar-refractivity contribution in [3.63, 3.8) is 0 Å². The molecule has 4 rings (SSSR count). The molecule has 1 aromatic heterocycles. The van der Waals surface area contributed by atoms with Crippen molar-refractivity contribution in [2.75, 3.05) is 13.7 Å². The second-order valence-corrected chi connectivity index (χ2v) is 7.16. The van der Waals surface area contributed by atoms with E-state index >= 15 is 0 Å². The highest BCUT2D eigenvalue weighted by Crippen LogP contribution is 2.39. The number of carbonyl (C=O) groups excluding carboxylic acids is 2. The molecule has 7 nitrogen and oxygen atoms in total. The highest BCUT2D eigenvalue weighted by Gasteiger charge is 2.47. The van der Waals surface area contributed by atoms with Gasteiger partial charge in [0.15, 0.2) is 0 Å². The van der Waals surface area contributed by atoms with E-state index in [1.165, 1.54) is 0 Å². The van der Waals surface area contributed by atoms with Gasteiger partial charge in [-0.05, 0) is 30.2 Å². The van der Waals surface area contributed by atoms with Crippen molar-refractivity contribution >= 4 is 11.8 Å². The van der Waals surface area contributed by atoms with Crippen LogP contribution < -0.4 is 4.74 Å². The SMILES string of the molecule is CCN1C(=O)C[C@H](C(=O)N2Cc3ccc(OC)cc3C2)[C@H]1c1nccn1C. The van der Waals surface area contributed by atoms with Gasteiger partial charge in [0.1, 0.15) is 17.6 Å². The summed E-state index contributed by atoms with van der Waals surface area (Å²) in [5.74, 6) is 1.18. The molecule has 1 aromatic carbocycles. The van der Waals surface area contributed by atoms with E-state index in [0.29, 0.717) is 19.6 Å². The van der Waals surface area contributed by atoms with E-state index in [-0.39, 0.29) is 24.3 Å². The number of rotatable bonds is 4. The van der Waals surface area contributed by atoms with Crippen LogP contribution in [0, 0.1) is 5.92 Å². The van der Waals surface area contributed by atoms with Crippen molar-refractivity contribution in [2.45, 2.75) is 32.5 Å². The molecule has 2 atom stereocenters. The number of hydrogen-bond acceptors (Lipinski definition) is 4. The monoisotopic (exact) mass is 368 g/mol. The molecule has 0 N–H and O–H groups in total. The van der Waals surface area contributed by atoms with Crippen molar-refractivity contribution in [3.05, 3.63) is 47.5 Å². The maximum atomic E-state index is 13.4. The Balaban J connectivity index is 1.61. The Morgan fingerprint density at radius 3 is 2.74 bits per heavy atom. The van der Waals surface area contributed by atoms with Gasteiger partial charge in [0.25, 0.3) is 0 Å². The van der Waals surface area contributed by atoms with E-state index in [2.05, 4.69) is 4.98 Å². The molecule has 2 aliphatic heterocycles. The van der Waals surface area contributed by atoms with Gasteiger partial charge >= 0.3 is 0 Å². The molecule has 2 aromatic rings. The van der Waals surface area contributed by atoms with Gasteiger partial charge in [-0.1, -0.05) is 6.07 Å². The first kappa shape index (κ1) is 17.6. The summed E-state index contributed by atoms with van der Waals surface area (Å²) < 4.78 is 7.19. The maximum absolute atomic E-state index is 13.4. The first-order chi connectivity index (χ1) is 13.0. The second kappa shape index (κ2) is 6.72. The number of aryl methyl sites for hydroxylation is 1. The number of benzene rings is 1. The average molecular weight is 368 g/mol. The molecule has 1 saturated heterocycles. The van der Waals surface area contributed by atoms with Crippen LogP contribution in [-0.2, 0) is 29.7 Å². The van der Waals surface area contributed by atoms with Gasteiger partial charge in [-0.2, -0.15) is 0 Å². The Morgan fingerprint density at radius 1 is 1.30 bits per heavy atom. The smallest absolute Gasteiger partial charge is 0.229 e. The van der Waals surface area contributed by atoms with Gasteiger partial charge in [-0.25, -0.2) is 4.98 Å². The predicted molar refractivity (Wildman–Crippen MR) is 98.7 cm³/mol. The summed E-state index contributed by atoms with van der Waals surface area (Å²) >= 11 is 0. The molecule has 2 amide bonds. The number of aromatic nitrogens is 2. The number of amides is 2. The van der Waals surface area contributed by atoms with Gasteiger partial charge in [0.05, 0.1) is 13.0 Å². The minimum Gasteiger partial charge on any atom is -0.497 e. The van der Waals surface area contributed by atoms with Crippen LogP contribution in [0.15, 0.2) is 30.6 Å². The minimum absolute atomic E-state index is 0.0160. The Kier molecular flexibility index (Phi) is 4.37. The van der Waals surface area contributed by atoms with E-state index in [1.807, 2.05) is 47.8 Å². The van der Waals surface area contributed by atoms with Gasteiger partial charge in [-0.3, -0.25) is 9.59 Å². The number of ether oxygens (including phenoxy) is 1. The third kappa shape index (κ3) is 2.87. The molecular formula is C20H24N4O3. The van der Waals surface area contributed by atoms with Gasteiger partial charge in [0, 0.05) is 45.5 Å². The normalized spacial score (nSPS) is 21.7. The topological polar surface area (TPSA) is 67.7 Å². The zero-order valence-electron chi connectivity index (χ0n) is 15.9. The molecule has 0 aliphatic carbocycles. The molecule has 2 aliphatic rings. The largest absolute Gasteiger partial charge is 0.497 e. The molecule has 0 saturated carbocycles. The Labute approximate surface area is 158 Å². The van der Waals surface area contributed by atoms with Crippen molar-refractivity contribution in [1.29, 1.82) is 0 Å². The molecule has 0 bridgehead atoms. The highest BCUT2D eigenvalue weighted by molar-refractivity contribution is 5.90. The van der Waals surface area contributed by atoms with Gasteiger partial charge in [-0.15, -0.1) is 0 Å². The van der Waals surface area contributed by atoms with Crippen LogP contribution in [0.4, 0.5) is 0 Å². The lowest BCUT2D eigenvalue weighted by atomic mass is 9.97. The van der Waals surface area contributed by atoms with Crippen LogP contribution in [0.3, 0.4) is 0 Å². The zero-order valence-corrected chi connectivity index (χ0v) is 15.9. The third-order valence-electron chi connectivity index (χ3n) is 5.66. The van der Waals surface area contributed by atoms with E-state index < -0.39 is 5.92 Å². The summed E-state index contributed by atoms with van der Waals surface area (Å²) in [4.78, 5) is 34.0. The predicted octanol–water partition coefficient (Wildman–Crippen LogP) is 1.88. The fourth-order valence-electron chi connectivity index (χ4n) is 4.25. The summed E-state index contributed by atoms with van der Waals surface area (Å²) in [6, 6.07) is 5.60. The summed E-state index contributed by atoms with van der Waals surface area (Å²) in [5, 5.41) is 0. The standard InChI is InChI=1S/C20H24N4O3/c1-4-24-17(25)10-16(18(24)19-21-7-8-22(19)2)20(26)23-11-13-5-6-15(27-3)9-14(13)12-23/h5-9,16,18H,4,10-12H2,1-3H3/t16-,18-/m0/s1. The lowest BCUT2D eigenvalue weighted by Gasteiger charge is -2.28. The fourth-order valence-corrected chi connectivity index (χ4v) is 4.25. The number of methoxy groups -OCH3 is 1.